The maximum atomic E-state index is 7.18. The van der Waals surface area contributed by atoms with Gasteiger partial charge < -0.3 is 13.4 Å². The van der Waals surface area contributed by atoms with Gasteiger partial charge in [0.2, 0.25) is 0 Å². The zero-order chi connectivity index (χ0) is 58.5. The summed E-state index contributed by atoms with van der Waals surface area (Å²) in [6.07, 6.45) is 23.6. The normalized spacial score (nSPS) is 16.9. The molecule has 0 amide bonds. The van der Waals surface area contributed by atoms with Crippen LogP contribution in [0.2, 0.25) is 0 Å². The van der Waals surface area contributed by atoms with E-state index < -0.39 is 0 Å². The van der Waals surface area contributed by atoms with E-state index >= 15 is 0 Å². The molecule has 3 nitrogen and oxygen atoms in total. The van der Waals surface area contributed by atoms with Crippen LogP contribution in [0.5, 0.6) is 0 Å². The van der Waals surface area contributed by atoms with Gasteiger partial charge in [-0.3, -0.25) is 0 Å². The Labute approximate surface area is 517 Å². The molecule has 0 aliphatic heterocycles. The van der Waals surface area contributed by atoms with E-state index in [1.807, 2.05) is 0 Å². The van der Waals surface area contributed by atoms with E-state index in [9.17, 15) is 0 Å². The first kappa shape index (κ1) is 51.5. The minimum absolute atomic E-state index is 0.0861. The number of furan rings is 2. The molecular weight excluding hydrogens is 1080 g/mol. The number of nitrogens with zero attached hydrogens (tertiary/aromatic N) is 1. The molecule has 11 aromatic carbocycles. The Hall–Kier alpha value is -10.7. The highest BCUT2D eigenvalue weighted by molar-refractivity contribution is 6.21. The molecule has 0 saturated carbocycles. The van der Waals surface area contributed by atoms with Gasteiger partial charge in [0.1, 0.15) is 22.7 Å². The van der Waals surface area contributed by atoms with Gasteiger partial charge in [0, 0.05) is 61.6 Å². The van der Waals surface area contributed by atoms with Crippen LogP contribution in [0.3, 0.4) is 0 Å². The summed E-state index contributed by atoms with van der Waals surface area (Å²) in [5, 5.41) is 8.55. The molecule has 0 radical (unpaired) electrons. The van der Waals surface area contributed by atoms with E-state index in [1.54, 1.807) is 0 Å². The molecule has 422 valence electrons. The first-order valence-electron chi connectivity index (χ1n) is 31.6. The maximum Gasteiger partial charge on any atom is 0.142 e. The highest BCUT2D eigenvalue weighted by Gasteiger charge is 2.36. The Balaban J connectivity index is 0.837. The fraction of sp³-hybridized carbons (Fsp3) is 0.0930. The Kier molecular flexibility index (Phi) is 12.1. The highest BCUT2D eigenvalue weighted by atomic mass is 16.3. The summed E-state index contributed by atoms with van der Waals surface area (Å²) in [5.74, 6) is 2.51. The largest absolute Gasteiger partial charge is 0.460 e. The molecule has 18 rings (SSSR count). The van der Waals surface area contributed by atoms with Crippen molar-refractivity contribution >= 4 is 83.8 Å². The molecule has 3 aromatic heterocycles. The van der Waals surface area contributed by atoms with Crippen molar-refractivity contribution in [2.75, 3.05) is 0 Å². The zero-order valence-corrected chi connectivity index (χ0v) is 49.2. The molecule has 14 aromatic rings. The van der Waals surface area contributed by atoms with Crippen molar-refractivity contribution in [3.8, 4) is 50.2 Å². The summed E-state index contributed by atoms with van der Waals surface area (Å²) in [6.45, 7) is 0. The number of fused-ring (bicyclic) bond motifs is 11. The molecule has 4 aliphatic carbocycles. The zero-order valence-electron chi connectivity index (χ0n) is 49.2. The summed E-state index contributed by atoms with van der Waals surface area (Å²) in [7, 11) is 0. The summed E-state index contributed by atoms with van der Waals surface area (Å²) in [5.41, 5.74) is 25.1. The topological polar surface area (TPSA) is 31.2 Å². The number of benzene rings is 11. The van der Waals surface area contributed by atoms with Crippen LogP contribution in [0.1, 0.15) is 81.7 Å². The number of rotatable bonds is 9. The number of hydrogen-bond donors (Lipinski definition) is 0. The molecule has 3 unspecified atom stereocenters. The average Bonchev–Trinajstić information content (AvgIpc) is 1.84. The molecule has 0 fully saturated rings. The van der Waals surface area contributed by atoms with Gasteiger partial charge in [-0.1, -0.05) is 237 Å². The van der Waals surface area contributed by atoms with E-state index in [1.165, 1.54) is 127 Å². The van der Waals surface area contributed by atoms with Crippen LogP contribution in [0.4, 0.5) is 0 Å². The lowest BCUT2D eigenvalue weighted by Gasteiger charge is -2.30. The van der Waals surface area contributed by atoms with Gasteiger partial charge in [0.25, 0.3) is 0 Å². The van der Waals surface area contributed by atoms with E-state index in [0.29, 0.717) is 0 Å². The van der Waals surface area contributed by atoms with Gasteiger partial charge in [0.15, 0.2) is 0 Å². The first-order valence-corrected chi connectivity index (χ1v) is 31.6. The third kappa shape index (κ3) is 8.62. The quantitative estimate of drug-likeness (QED) is 0.135. The predicted molar refractivity (Wildman–Crippen MR) is 372 cm³/mol. The molecule has 3 heteroatoms. The van der Waals surface area contributed by atoms with E-state index in [2.05, 4.69) is 296 Å². The van der Waals surface area contributed by atoms with Crippen LogP contribution in [-0.4, -0.2) is 4.57 Å². The van der Waals surface area contributed by atoms with Crippen LogP contribution in [-0.2, 0) is 12.8 Å². The summed E-state index contributed by atoms with van der Waals surface area (Å²) in [6, 6.07) is 89.8. The van der Waals surface area contributed by atoms with Crippen LogP contribution in [0, 0.1) is 5.92 Å². The maximum absolute atomic E-state index is 7.18. The molecule has 4 aliphatic rings. The van der Waals surface area contributed by atoms with Crippen LogP contribution in [0.15, 0.2) is 282 Å². The Morgan fingerprint density at radius 1 is 0.416 bits per heavy atom. The summed E-state index contributed by atoms with van der Waals surface area (Å²) >= 11 is 0. The highest BCUT2D eigenvalue weighted by Crippen LogP contribution is 2.52. The van der Waals surface area contributed by atoms with Crippen molar-refractivity contribution in [2.24, 2.45) is 5.92 Å². The second-order valence-corrected chi connectivity index (χ2v) is 24.8. The Bertz CT molecular complexity index is 5280. The Morgan fingerprint density at radius 3 is 1.81 bits per heavy atom. The lowest BCUT2D eigenvalue weighted by atomic mass is 9.74. The molecule has 0 N–H and O–H groups in total. The molecular formula is C86H61NO2. The lowest BCUT2D eigenvalue weighted by Crippen LogP contribution is -2.20. The van der Waals surface area contributed by atoms with E-state index in [-0.39, 0.29) is 17.8 Å². The number of hydrogen-bond acceptors (Lipinski definition) is 2. The SMILES string of the molecule is C1=CC(c2ccc3oc4c(c3c2)C=C(c2ccccc2)CC4C2C=Cc3c(n(-c4cccc(-c5c6ccccc6c(-c6ccccc6)c6ccccc56)c4)c4cc(-c5cc(-c6ccccc6)cc6c7c(oc56)C=CC(c5ccccc5)C7)ccc34)C2)=CCC1. The van der Waals surface area contributed by atoms with Gasteiger partial charge in [0.05, 0.1) is 5.52 Å². The second-order valence-electron chi connectivity index (χ2n) is 24.8. The monoisotopic (exact) mass is 1140 g/mol. The van der Waals surface area contributed by atoms with Crippen LogP contribution in [0.25, 0.3) is 134 Å². The minimum Gasteiger partial charge on any atom is -0.460 e. The predicted octanol–water partition coefficient (Wildman–Crippen LogP) is 23.1. The van der Waals surface area contributed by atoms with Gasteiger partial charge in [-0.25, -0.2) is 0 Å². The minimum atomic E-state index is 0.0861. The molecule has 0 saturated heterocycles. The van der Waals surface area contributed by atoms with Gasteiger partial charge in [-0.05, 0) is 181 Å². The average molecular weight is 1140 g/mol. The van der Waals surface area contributed by atoms with Gasteiger partial charge >= 0.3 is 0 Å². The van der Waals surface area contributed by atoms with Crippen molar-refractivity contribution in [2.45, 2.75) is 43.9 Å². The van der Waals surface area contributed by atoms with Gasteiger partial charge in [-0.2, -0.15) is 0 Å². The standard InChI is InChI=1S/C86H61NO2/c1-6-21-54(22-7-1)59-39-43-81-75(46-59)77-50-64(56-25-10-3-11-26-56)48-73(85(77)88-81)61-37-41-67-68-42-38-62(74-49-65(57-27-12-4-13-28-57)51-78-76-47-60(55-23-8-2-9-24-55)40-44-82(76)89-86(74)78)53-80(68)87(79(67)52-61)66-32-20-31-63(45-66)84-71-35-18-16-33-69(71)83(58-29-14-5-15-30-58)70-34-17-19-36-72(70)84/h1,3-8,10-45,47-48,50-52,59,62,74H,2,9,46,49,53H2. The molecule has 3 heterocycles. The summed E-state index contributed by atoms with van der Waals surface area (Å²) < 4.78 is 16.9. The number of aromatic nitrogens is 1. The lowest BCUT2D eigenvalue weighted by molar-refractivity contribution is 0.412. The second kappa shape index (κ2) is 21.0. The fourth-order valence-corrected chi connectivity index (χ4v) is 15.5. The van der Waals surface area contributed by atoms with E-state index in [4.69, 9.17) is 8.83 Å². The van der Waals surface area contributed by atoms with Crippen LogP contribution >= 0.6 is 0 Å². The van der Waals surface area contributed by atoms with Gasteiger partial charge in [-0.15, -0.1) is 0 Å². The first-order chi connectivity index (χ1) is 44.1. The Morgan fingerprint density at radius 2 is 1.08 bits per heavy atom. The van der Waals surface area contributed by atoms with Crippen LogP contribution < -0.4 is 0 Å². The van der Waals surface area contributed by atoms with E-state index in [0.717, 1.165) is 71.6 Å². The van der Waals surface area contributed by atoms with Crippen molar-refractivity contribution in [3.05, 3.63) is 324 Å². The number of allylic oxidation sites excluding steroid dienone is 7. The van der Waals surface area contributed by atoms with Crippen molar-refractivity contribution in [1.29, 1.82) is 0 Å². The van der Waals surface area contributed by atoms with Crippen molar-refractivity contribution in [3.63, 3.8) is 0 Å². The fourth-order valence-electron chi connectivity index (χ4n) is 15.5. The molecule has 0 bridgehead atoms. The molecule has 89 heavy (non-hydrogen) atoms. The smallest absolute Gasteiger partial charge is 0.142 e. The third-order valence-corrected chi connectivity index (χ3v) is 19.7. The molecule has 0 spiro atoms. The summed E-state index contributed by atoms with van der Waals surface area (Å²) in [4.78, 5) is 0. The molecule has 3 atom stereocenters. The third-order valence-electron chi connectivity index (χ3n) is 19.7. The van der Waals surface area contributed by atoms with Crippen molar-refractivity contribution < 1.29 is 8.83 Å². The van der Waals surface area contributed by atoms with Crippen molar-refractivity contribution in [1.82, 2.24) is 4.57 Å².